The largest absolute Gasteiger partial charge is 0.418 e. The molecule has 1 N–H and O–H groups in total. The van der Waals surface area contributed by atoms with Crippen molar-refractivity contribution < 1.29 is 13.2 Å². The summed E-state index contributed by atoms with van der Waals surface area (Å²) in [4.78, 5) is 16.3. The van der Waals surface area contributed by atoms with Gasteiger partial charge in [-0.3, -0.25) is 19.2 Å². The number of thiophene rings is 1. The maximum absolute atomic E-state index is 13.4. The molecule has 0 radical (unpaired) electrons. The standard InChI is InChI=1S/C21H23F3N4OS/c1-26-9-7-25-19(26)18(13-4-2-5-13)17-10-14(12-30-17)28-11-16-15(21(22,23)24)6-3-8-27(16)20(28)29/h3,6,8,10-13,18-19,25H,2,4-5,7,9H2,1H3/t18-,19?/m0/s1. The molecule has 1 saturated carbocycles. The van der Waals surface area contributed by atoms with E-state index in [0.717, 1.165) is 23.6 Å². The summed E-state index contributed by atoms with van der Waals surface area (Å²) in [6.45, 7) is 1.95. The Morgan fingerprint density at radius 3 is 2.73 bits per heavy atom. The Bertz CT molecular complexity index is 1130. The van der Waals surface area contributed by atoms with Crippen LogP contribution in [0.2, 0.25) is 0 Å². The molecular formula is C21H23F3N4OS. The molecule has 1 aliphatic heterocycles. The van der Waals surface area contributed by atoms with Crippen molar-refractivity contribution in [2.24, 2.45) is 5.92 Å². The highest BCUT2D eigenvalue weighted by atomic mass is 32.1. The number of likely N-dealkylation sites (N-methyl/N-ethyl adjacent to an activating group) is 1. The second-order valence-corrected chi connectivity index (χ2v) is 9.20. The molecule has 5 nitrogen and oxygen atoms in total. The average molecular weight is 437 g/mol. The molecule has 1 aliphatic carbocycles. The fourth-order valence-electron chi connectivity index (χ4n) is 4.71. The van der Waals surface area contributed by atoms with Crippen molar-refractivity contribution in [1.82, 2.24) is 19.2 Å². The summed E-state index contributed by atoms with van der Waals surface area (Å²) in [5.74, 6) is 0.916. The van der Waals surface area contributed by atoms with Crippen molar-refractivity contribution in [1.29, 1.82) is 0 Å². The van der Waals surface area contributed by atoms with Crippen LogP contribution in [0.3, 0.4) is 0 Å². The maximum Gasteiger partial charge on any atom is 0.418 e. The minimum absolute atomic E-state index is 0.129. The first kappa shape index (κ1) is 19.8. The molecule has 2 fully saturated rings. The molecule has 5 rings (SSSR count). The number of fused-ring (bicyclic) bond motifs is 1. The number of halogens is 3. The molecule has 1 unspecified atom stereocenters. The van der Waals surface area contributed by atoms with Crippen LogP contribution in [-0.2, 0) is 6.18 Å². The van der Waals surface area contributed by atoms with Gasteiger partial charge in [0.25, 0.3) is 0 Å². The van der Waals surface area contributed by atoms with Gasteiger partial charge in [0, 0.05) is 41.7 Å². The zero-order valence-electron chi connectivity index (χ0n) is 16.5. The number of imidazole rings is 1. The summed E-state index contributed by atoms with van der Waals surface area (Å²) in [6, 6.07) is 4.25. The second-order valence-electron chi connectivity index (χ2n) is 8.26. The molecule has 0 aromatic carbocycles. The van der Waals surface area contributed by atoms with Gasteiger partial charge in [0.2, 0.25) is 0 Å². The van der Waals surface area contributed by atoms with Gasteiger partial charge < -0.3 is 0 Å². The Hall–Kier alpha value is -2.10. The van der Waals surface area contributed by atoms with E-state index < -0.39 is 17.4 Å². The lowest BCUT2D eigenvalue weighted by molar-refractivity contribution is -0.136. The molecule has 160 valence electrons. The molecule has 2 aliphatic rings. The maximum atomic E-state index is 13.4. The van der Waals surface area contributed by atoms with Crippen molar-refractivity contribution in [3.05, 3.63) is 56.9 Å². The molecule has 2 atom stereocenters. The van der Waals surface area contributed by atoms with E-state index in [1.165, 1.54) is 47.2 Å². The third-order valence-electron chi connectivity index (χ3n) is 6.51. The Kier molecular flexibility index (Phi) is 4.79. The van der Waals surface area contributed by atoms with Gasteiger partial charge in [-0.2, -0.15) is 13.2 Å². The monoisotopic (exact) mass is 436 g/mol. The van der Waals surface area contributed by atoms with E-state index in [0.29, 0.717) is 17.5 Å². The number of nitrogens with one attached hydrogen (secondary N) is 1. The normalized spacial score (nSPS) is 21.9. The van der Waals surface area contributed by atoms with Gasteiger partial charge in [0.05, 0.1) is 22.9 Å². The first-order valence-corrected chi connectivity index (χ1v) is 11.0. The topological polar surface area (TPSA) is 41.7 Å². The first-order valence-electron chi connectivity index (χ1n) is 10.2. The molecule has 3 aromatic rings. The van der Waals surface area contributed by atoms with E-state index in [2.05, 4.69) is 17.3 Å². The van der Waals surface area contributed by atoms with Gasteiger partial charge in [0.1, 0.15) is 0 Å². The zero-order chi connectivity index (χ0) is 21.0. The predicted molar refractivity (Wildman–Crippen MR) is 110 cm³/mol. The van der Waals surface area contributed by atoms with Crippen molar-refractivity contribution in [2.45, 2.75) is 37.5 Å². The minimum Gasteiger partial charge on any atom is -0.300 e. The summed E-state index contributed by atoms with van der Waals surface area (Å²) < 4.78 is 42.5. The number of hydrogen-bond acceptors (Lipinski definition) is 4. The minimum atomic E-state index is -4.51. The molecular weight excluding hydrogens is 413 g/mol. The van der Waals surface area contributed by atoms with Crippen LogP contribution < -0.4 is 11.0 Å². The molecule has 9 heteroatoms. The summed E-state index contributed by atoms with van der Waals surface area (Å²) in [6.07, 6.45) is 2.03. The number of alkyl halides is 3. The lowest BCUT2D eigenvalue weighted by Gasteiger charge is -2.39. The molecule has 3 aromatic heterocycles. The lowest BCUT2D eigenvalue weighted by Crippen LogP contribution is -2.43. The summed E-state index contributed by atoms with van der Waals surface area (Å²) in [5.41, 5.74) is -0.797. The highest BCUT2D eigenvalue weighted by Crippen LogP contribution is 2.44. The van der Waals surface area contributed by atoms with Crippen molar-refractivity contribution in [3.8, 4) is 5.69 Å². The van der Waals surface area contributed by atoms with Crippen LogP contribution in [0.25, 0.3) is 11.2 Å². The van der Waals surface area contributed by atoms with Crippen molar-refractivity contribution in [2.75, 3.05) is 20.1 Å². The van der Waals surface area contributed by atoms with E-state index in [1.54, 1.807) is 11.3 Å². The van der Waals surface area contributed by atoms with Crippen LogP contribution in [0, 0.1) is 5.92 Å². The van der Waals surface area contributed by atoms with Crippen molar-refractivity contribution >= 4 is 16.9 Å². The smallest absolute Gasteiger partial charge is 0.300 e. The van der Waals surface area contributed by atoms with E-state index >= 15 is 0 Å². The predicted octanol–water partition coefficient (Wildman–Crippen LogP) is 3.92. The van der Waals surface area contributed by atoms with Gasteiger partial charge in [-0.05, 0) is 44.0 Å². The van der Waals surface area contributed by atoms with Gasteiger partial charge in [0.15, 0.2) is 0 Å². The quantitative estimate of drug-likeness (QED) is 0.674. The number of hydrogen-bond donors (Lipinski definition) is 1. The van der Waals surface area contributed by atoms with E-state index in [1.807, 2.05) is 11.4 Å². The van der Waals surface area contributed by atoms with Crippen LogP contribution in [-0.4, -0.2) is 40.2 Å². The highest BCUT2D eigenvalue weighted by Gasteiger charge is 2.39. The third kappa shape index (κ3) is 3.19. The lowest BCUT2D eigenvalue weighted by atomic mass is 9.73. The van der Waals surface area contributed by atoms with Crippen LogP contribution >= 0.6 is 11.3 Å². The highest BCUT2D eigenvalue weighted by molar-refractivity contribution is 7.10. The number of rotatable bonds is 4. The van der Waals surface area contributed by atoms with E-state index in [4.69, 9.17) is 0 Å². The van der Waals surface area contributed by atoms with E-state index in [-0.39, 0.29) is 11.7 Å². The van der Waals surface area contributed by atoms with Crippen LogP contribution in [0.5, 0.6) is 0 Å². The number of pyridine rings is 1. The van der Waals surface area contributed by atoms with Gasteiger partial charge in [-0.1, -0.05) is 6.42 Å². The SMILES string of the molecule is CN1CCNC1[C@H](c1cc(-n2cc3c(C(F)(F)F)cccn3c2=O)cs1)C1CCC1. The Balaban J connectivity index is 1.56. The number of nitrogens with zero attached hydrogens (tertiary/aromatic N) is 3. The van der Waals surface area contributed by atoms with E-state index in [9.17, 15) is 18.0 Å². The van der Waals surface area contributed by atoms with Gasteiger partial charge in [-0.15, -0.1) is 11.3 Å². The molecule has 1 saturated heterocycles. The summed E-state index contributed by atoms with van der Waals surface area (Å²) in [5, 5.41) is 5.47. The molecule has 0 bridgehead atoms. The van der Waals surface area contributed by atoms with Gasteiger partial charge >= 0.3 is 11.9 Å². The Labute approximate surface area is 175 Å². The van der Waals surface area contributed by atoms with Crippen LogP contribution in [0.15, 0.2) is 40.8 Å². The third-order valence-corrected chi connectivity index (χ3v) is 7.53. The summed E-state index contributed by atoms with van der Waals surface area (Å²) >= 11 is 1.59. The molecule has 30 heavy (non-hydrogen) atoms. The molecule has 0 amide bonds. The second kappa shape index (κ2) is 7.25. The van der Waals surface area contributed by atoms with Crippen LogP contribution in [0.1, 0.15) is 35.6 Å². The average Bonchev–Trinajstić information content (AvgIpc) is 3.36. The van der Waals surface area contributed by atoms with Crippen molar-refractivity contribution in [3.63, 3.8) is 0 Å². The Morgan fingerprint density at radius 1 is 1.30 bits per heavy atom. The van der Waals surface area contributed by atoms with Gasteiger partial charge in [-0.25, -0.2) is 4.79 Å². The number of aromatic nitrogens is 2. The molecule has 0 spiro atoms. The Morgan fingerprint density at radius 2 is 2.10 bits per heavy atom. The summed E-state index contributed by atoms with van der Waals surface area (Å²) in [7, 11) is 2.12. The van der Waals surface area contributed by atoms with Crippen LogP contribution in [0.4, 0.5) is 13.2 Å². The molecule has 4 heterocycles. The first-order chi connectivity index (χ1) is 14.3. The zero-order valence-corrected chi connectivity index (χ0v) is 17.3. The fourth-order valence-corrected chi connectivity index (χ4v) is 5.82. The fraction of sp³-hybridized carbons (Fsp3) is 0.476.